The molecule has 1 aliphatic carbocycles. The third kappa shape index (κ3) is 4.33. The van der Waals surface area contributed by atoms with E-state index in [1.165, 1.54) is 24.8 Å². The lowest BCUT2D eigenvalue weighted by Gasteiger charge is -2.43. The third-order valence-corrected chi connectivity index (χ3v) is 6.00. The molecule has 0 spiro atoms. The zero-order valence-corrected chi connectivity index (χ0v) is 16.0. The van der Waals surface area contributed by atoms with Crippen LogP contribution in [-0.4, -0.2) is 75.7 Å². The van der Waals surface area contributed by atoms with Crippen molar-refractivity contribution in [2.45, 2.75) is 30.7 Å². The second-order valence-corrected chi connectivity index (χ2v) is 7.70. The predicted molar refractivity (Wildman–Crippen MR) is 105 cm³/mol. The van der Waals surface area contributed by atoms with Gasteiger partial charge in [0.15, 0.2) is 5.96 Å². The molecule has 5 nitrogen and oxygen atoms in total. The molecule has 1 unspecified atom stereocenters. The van der Waals surface area contributed by atoms with Crippen LogP contribution in [0.25, 0.3) is 0 Å². The highest BCUT2D eigenvalue weighted by atomic mass is 15.3. The summed E-state index contributed by atoms with van der Waals surface area (Å²) < 4.78 is 0. The number of rotatable bonds is 5. The normalized spacial score (nSPS) is 24.6. The molecule has 2 N–H and O–H groups in total. The number of piperazine rings is 1. The van der Waals surface area contributed by atoms with Crippen LogP contribution in [0.5, 0.6) is 0 Å². The first kappa shape index (κ1) is 18.2. The average Bonchev–Trinajstić information content (AvgIpc) is 2.60. The molecule has 2 aliphatic rings. The molecule has 0 radical (unpaired) electrons. The minimum atomic E-state index is 0.278. The first-order valence-corrected chi connectivity index (χ1v) is 9.52. The first-order valence-electron chi connectivity index (χ1n) is 9.52. The number of guanidine groups is 1. The Hall–Kier alpha value is -1.59. The monoisotopic (exact) mass is 343 g/mol. The van der Waals surface area contributed by atoms with Gasteiger partial charge in [-0.15, -0.1) is 0 Å². The minimum absolute atomic E-state index is 0.278. The lowest BCUT2D eigenvalue weighted by atomic mass is 9.64. The van der Waals surface area contributed by atoms with Crippen molar-refractivity contribution in [3.8, 4) is 0 Å². The Morgan fingerprint density at radius 1 is 1.16 bits per heavy atom. The maximum Gasteiger partial charge on any atom is 0.191 e. The summed E-state index contributed by atoms with van der Waals surface area (Å²) in [7, 11) is 6.28. The maximum atomic E-state index is 4.43. The summed E-state index contributed by atoms with van der Waals surface area (Å²) in [6, 6.07) is 11.5. The fourth-order valence-electron chi connectivity index (χ4n) is 3.97. The van der Waals surface area contributed by atoms with Crippen molar-refractivity contribution in [2.75, 3.05) is 53.9 Å². The van der Waals surface area contributed by atoms with Gasteiger partial charge in [0.25, 0.3) is 0 Å². The molecule has 1 heterocycles. The summed E-state index contributed by atoms with van der Waals surface area (Å²) in [5, 5.41) is 7.12. The molecule has 2 fully saturated rings. The van der Waals surface area contributed by atoms with E-state index in [4.69, 9.17) is 0 Å². The number of benzene rings is 1. The molecule has 25 heavy (non-hydrogen) atoms. The van der Waals surface area contributed by atoms with Crippen LogP contribution in [0.1, 0.15) is 24.8 Å². The van der Waals surface area contributed by atoms with Crippen LogP contribution in [0.4, 0.5) is 0 Å². The highest BCUT2D eigenvalue weighted by Gasteiger charge is 2.38. The standard InChI is InChI=1S/C20H33N5/c1-21-19(22-14-18-15-24(2)12-13-25(18)3)23-16-20(10-7-11-20)17-8-5-4-6-9-17/h4-6,8-9,18H,7,10-16H2,1-3H3,(H2,21,22,23). The summed E-state index contributed by atoms with van der Waals surface area (Å²) in [4.78, 5) is 9.28. The minimum Gasteiger partial charge on any atom is -0.356 e. The van der Waals surface area contributed by atoms with Crippen LogP contribution >= 0.6 is 0 Å². The van der Waals surface area contributed by atoms with Gasteiger partial charge in [-0.3, -0.25) is 9.89 Å². The molecular formula is C20H33N5. The number of aliphatic imine (C=N–C) groups is 1. The van der Waals surface area contributed by atoms with E-state index in [0.29, 0.717) is 6.04 Å². The van der Waals surface area contributed by atoms with Crippen LogP contribution in [0, 0.1) is 0 Å². The van der Waals surface area contributed by atoms with Gasteiger partial charge >= 0.3 is 0 Å². The first-order chi connectivity index (χ1) is 12.1. The largest absolute Gasteiger partial charge is 0.356 e. The van der Waals surface area contributed by atoms with Gasteiger partial charge in [0.1, 0.15) is 0 Å². The summed E-state index contributed by atoms with van der Waals surface area (Å²) >= 11 is 0. The van der Waals surface area contributed by atoms with Crippen molar-refractivity contribution in [1.82, 2.24) is 20.4 Å². The maximum absolute atomic E-state index is 4.43. The van der Waals surface area contributed by atoms with Gasteiger partial charge in [-0.25, -0.2) is 0 Å². The van der Waals surface area contributed by atoms with Gasteiger partial charge in [-0.2, -0.15) is 0 Å². The molecule has 1 saturated carbocycles. The Morgan fingerprint density at radius 2 is 1.92 bits per heavy atom. The van der Waals surface area contributed by atoms with Crippen molar-refractivity contribution in [2.24, 2.45) is 4.99 Å². The zero-order valence-electron chi connectivity index (χ0n) is 16.0. The van der Waals surface area contributed by atoms with E-state index in [0.717, 1.165) is 38.7 Å². The molecule has 138 valence electrons. The molecule has 1 aliphatic heterocycles. The Kier molecular flexibility index (Phi) is 5.97. The predicted octanol–water partition coefficient (Wildman–Crippen LogP) is 1.52. The van der Waals surface area contributed by atoms with Crippen LogP contribution in [-0.2, 0) is 5.41 Å². The smallest absolute Gasteiger partial charge is 0.191 e. The van der Waals surface area contributed by atoms with Crippen molar-refractivity contribution in [3.05, 3.63) is 35.9 Å². The number of likely N-dealkylation sites (N-methyl/N-ethyl adjacent to an activating group) is 2. The van der Waals surface area contributed by atoms with E-state index in [9.17, 15) is 0 Å². The van der Waals surface area contributed by atoms with Gasteiger partial charge in [-0.05, 0) is 32.5 Å². The van der Waals surface area contributed by atoms with E-state index < -0.39 is 0 Å². The van der Waals surface area contributed by atoms with E-state index in [1.807, 2.05) is 7.05 Å². The SMILES string of the molecule is CN=C(NCC1CN(C)CCN1C)NCC1(c2ccccc2)CCC1. The summed E-state index contributed by atoms with van der Waals surface area (Å²) in [6.45, 7) is 5.27. The summed E-state index contributed by atoms with van der Waals surface area (Å²) in [6.07, 6.45) is 3.84. The van der Waals surface area contributed by atoms with E-state index >= 15 is 0 Å². The molecule has 3 rings (SSSR count). The highest BCUT2D eigenvalue weighted by Crippen LogP contribution is 2.43. The molecule has 0 bridgehead atoms. The van der Waals surface area contributed by atoms with Crippen molar-refractivity contribution >= 4 is 5.96 Å². The number of hydrogen-bond acceptors (Lipinski definition) is 3. The van der Waals surface area contributed by atoms with Crippen molar-refractivity contribution in [1.29, 1.82) is 0 Å². The second kappa shape index (κ2) is 8.19. The third-order valence-electron chi connectivity index (χ3n) is 6.00. The highest BCUT2D eigenvalue weighted by molar-refractivity contribution is 5.79. The van der Waals surface area contributed by atoms with Gasteiger partial charge in [0.2, 0.25) is 0 Å². The second-order valence-electron chi connectivity index (χ2n) is 7.70. The fraction of sp³-hybridized carbons (Fsp3) is 0.650. The van der Waals surface area contributed by atoms with Crippen LogP contribution < -0.4 is 10.6 Å². The number of nitrogens with one attached hydrogen (secondary N) is 2. The summed E-state index contributed by atoms with van der Waals surface area (Å²) in [5.74, 6) is 0.920. The Morgan fingerprint density at radius 3 is 2.56 bits per heavy atom. The van der Waals surface area contributed by atoms with E-state index in [-0.39, 0.29) is 5.41 Å². The van der Waals surface area contributed by atoms with Gasteiger partial charge < -0.3 is 15.5 Å². The lowest BCUT2D eigenvalue weighted by molar-refractivity contribution is 0.116. The zero-order chi connectivity index (χ0) is 17.7. The molecule has 1 atom stereocenters. The lowest BCUT2D eigenvalue weighted by Crippen LogP contribution is -2.56. The molecular weight excluding hydrogens is 310 g/mol. The Balaban J connectivity index is 1.52. The topological polar surface area (TPSA) is 42.9 Å². The fourth-order valence-corrected chi connectivity index (χ4v) is 3.97. The molecule has 1 saturated heterocycles. The molecule has 0 aromatic heterocycles. The molecule has 1 aromatic rings. The van der Waals surface area contributed by atoms with E-state index in [2.05, 4.69) is 69.9 Å². The molecule has 0 amide bonds. The average molecular weight is 344 g/mol. The van der Waals surface area contributed by atoms with Crippen LogP contribution in [0.2, 0.25) is 0 Å². The molecule has 1 aromatic carbocycles. The van der Waals surface area contributed by atoms with Gasteiger partial charge in [0, 0.05) is 51.2 Å². The number of nitrogens with zero attached hydrogens (tertiary/aromatic N) is 3. The Bertz CT molecular complexity index is 567. The molecule has 5 heteroatoms. The number of hydrogen-bond donors (Lipinski definition) is 2. The van der Waals surface area contributed by atoms with Crippen molar-refractivity contribution in [3.63, 3.8) is 0 Å². The van der Waals surface area contributed by atoms with Gasteiger partial charge in [0.05, 0.1) is 0 Å². The van der Waals surface area contributed by atoms with Gasteiger partial charge in [-0.1, -0.05) is 36.8 Å². The van der Waals surface area contributed by atoms with Crippen LogP contribution in [0.3, 0.4) is 0 Å². The van der Waals surface area contributed by atoms with Crippen molar-refractivity contribution < 1.29 is 0 Å². The van der Waals surface area contributed by atoms with Crippen LogP contribution in [0.15, 0.2) is 35.3 Å². The van der Waals surface area contributed by atoms with E-state index in [1.54, 1.807) is 0 Å². The Labute approximate surface area is 152 Å². The quantitative estimate of drug-likeness (QED) is 0.628. The summed E-state index contributed by atoms with van der Waals surface area (Å²) in [5.41, 5.74) is 1.73.